The molecule has 4 atom stereocenters. The molecule has 3 saturated carbocycles. The van der Waals surface area contributed by atoms with E-state index in [9.17, 15) is 0 Å². The zero-order chi connectivity index (χ0) is 12.5. The molecule has 3 aliphatic rings. The van der Waals surface area contributed by atoms with Gasteiger partial charge in [0.15, 0.2) is 0 Å². The van der Waals surface area contributed by atoms with Crippen LogP contribution in [0.2, 0.25) is 0 Å². The van der Waals surface area contributed by atoms with Gasteiger partial charge in [-0.3, -0.25) is 0 Å². The average molecular weight is 248 g/mol. The lowest BCUT2D eigenvalue weighted by atomic mass is 9.50. The Balaban J connectivity index is 1.87. The van der Waals surface area contributed by atoms with Crippen LogP contribution in [0, 0.1) is 35.5 Å². The summed E-state index contributed by atoms with van der Waals surface area (Å²) in [6, 6.07) is 0. The Bertz CT molecular complexity index is 204. The van der Waals surface area contributed by atoms with Crippen molar-refractivity contribution in [1.29, 1.82) is 0 Å². The summed E-state index contributed by atoms with van der Waals surface area (Å²) in [5.41, 5.74) is 0. The molecule has 3 rings (SSSR count). The molecule has 0 radical (unpaired) electrons. The highest BCUT2D eigenvalue weighted by Gasteiger charge is 2.49. The first-order chi connectivity index (χ1) is 8.86. The van der Waals surface area contributed by atoms with Crippen LogP contribution in [0.5, 0.6) is 0 Å². The second-order valence-corrected chi connectivity index (χ2v) is 7.37. The average Bonchev–Trinajstić information content (AvgIpc) is 2.44. The van der Waals surface area contributed by atoms with Crippen LogP contribution in [0.15, 0.2) is 0 Å². The molecule has 0 aliphatic heterocycles. The predicted molar refractivity (Wildman–Crippen MR) is 78.5 cm³/mol. The highest BCUT2D eigenvalue weighted by atomic mass is 14.5. The first-order valence-electron chi connectivity index (χ1n) is 8.86. The van der Waals surface area contributed by atoms with E-state index in [1.807, 2.05) is 0 Å². The standard InChI is InChI=1S/C18H32/c1-3-13-15-9-5-7-11-17(15)14(4-2)18-12-8-6-10-16(13)18/h13-18H,3-12H2,1-2H3. The van der Waals surface area contributed by atoms with Gasteiger partial charge in [-0.1, -0.05) is 52.4 Å². The summed E-state index contributed by atoms with van der Waals surface area (Å²) in [7, 11) is 0. The normalized spacial score (nSPS) is 48.3. The lowest BCUT2D eigenvalue weighted by Crippen LogP contribution is -2.48. The zero-order valence-corrected chi connectivity index (χ0v) is 12.5. The molecule has 0 heteroatoms. The van der Waals surface area contributed by atoms with Crippen LogP contribution in [0.1, 0.15) is 78.1 Å². The summed E-state index contributed by atoms with van der Waals surface area (Å²) in [4.78, 5) is 0. The van der Waals surface area contributed by atoms with E-state index in [1.54, 1.807) is 25.7 Å². The molecule has 4 unspecified atom stereocenters. The second-order valence-electron chi connectivity index (χ2n) is 7.37. The van der Waals surface area contributed by atoms with Crippen LogP contribution in [-0.2, 0) is 0 Å². The minimum atomic E-state index is 1.10. The fourth-order valence-corrected chi connectivity index (χ4v) is 6.35. The van der Waals surface area contributed by atoms with Crippen molar-refractivity contribution in [2.24, 2.45) is 35.5 Å². The molecule has 104 valence electrons. The predicted octanol–water partition coefficient (Wildman–Crippen LogP) is 5.67. The molecule has 0 aromatic rings. The van der Waals surface area contributed by atoms with Crippen molar-refractivity contribution < 1.29 is 0 Å². The van der Waals surface area contributed by atoms with Crippen molar-refractivity contribution in [3.8, 4) is 0 Å². The van der Waals surface area contributed by atoms with Gasteiger partial charge in [0.25, 0.3) is 0 Å². The maximum absolute atomic E-state index is 2.48. The number of hydrogen-bond acceptors (Lipinski definition) is 0. The molecule has 0 amide bonds. The Hall–Kier alpha value is 0. The van der Waals surface area contributed by atoms with Crippen molar-refractivity contribution in [2.45, 2.75) is 78.1 Å². The molecular weight excluding hydrogens is 216 g/mol. The molecule has 0 nitrogen and oxygen atoms in total. The topological polar surface area (TPSA) is 0 Å². The molecule has 3 aliphatic carbocycles. The summed E-state index contributed by atoms with van der Waals surface area (Å²) >= 11 is 0. The summed E-state index contributed by atoms with van der Waals surface area (Å²) in [6.45, 7) is 4.96. The maximum Gasteiger partial charge on any atom is -0.0352 e. The van der Waals surface area contributed by atoms with Gasteiger partial charge in [0.1, 0.15) is 0 Å². The maximum atomic E-state index is 2.48. The third-order valence-electron chi connectivity index (χ3n) is 6.89. The molecule has 0 bridgehead atoms. The molecule has 0 N–H and O–H groups in total. The van der Waals surface area contributed by atoms with Gasteiger partial charge in [0, 0.05) is 0 Å². The van der Waals surface area contributed by atoms with E-state index in [2.05, 4.69) is 13.8 Å². The molecule has 0 heterocycles. The third kappa shape index (κ3) is 2.04. The summed E-state index contributed by atoms with van der Waals surface area (Å²) in [6.07, 6.45) is 15.4. The van der Waals surface area contributed by atoms with Crippen molar-refractivity contribution in [3.63, 3.8) is 0 Å². The van der Waals surface area contributed by atoms with E-state index in [-0.39, 0.29) is 0 Å². The smallest absolute Gasteiger partial charge is 0.0352 e. The van der Waals surface area contributed by atoms with Crippen LogP contribution in [0.25, 0.3) is 0 Å². The van der Waals surface area contributed by atoms with Crippen molar-refractivity contribution in [3.05, 3.63) is 0 Å². The van der Waals surface area contributed by atoms with Gasteiger partial charge in [0.2, 0.25) is 0 Å². The molecule has 0 aromatic heterocycles. The quantitative estimate of drug-likeness (QED) is 0.591. The van der Waals surface area contributed by atoms with Gasteiger partial charge < -0.3 is 0 Å². The second kappa shape index (κ2) is 5.55. The third-order valence-corrected chi connectivity index (χ3v) is 6.89. The highest BCUT2D eigenvalue weighted by molar-refractivity contribution is 4.98. The van der Waals surface area contributed by atoms with Gasteiger partial charge in [-0.15, -0.1) is 0 Å². The first-order valence-corrected chi connectivity index (χ1v) is 8.86. The van der Waals surface area contributed by atoms with Gasteiger partial charge in [-0.2, -0.15) is 0 Å². The number of rotatable bonds is 2. The number of hydrogen-bond donors (Lipinski definition) is 0. The van der Waals surface area contributed by atoms with Crippen molar-refractivity contribution in [2.75, 3.05) is 0 Å². The molecule has 0 aromatic carbocycles. The lowest BCUT2D eigenvalue weighted by Gasteiger charge is -2.55. The van der Waals surface area contributed by atoms with Gasteiger partial charge in [-0.05, 0) is 61.2 Å². The lowest BCUT2D eigenvalue weighted by molar-refractivity contribution is -0.0640. The summed E-state index contributed by atoms with van der Waals surface area (Å²) in [5.74, 6) is 6.67. The van der Waals surface area contributed by atoms with E-state index in [1.165, 1.54) is 38.5 Å². The van der Waals surface area contributed by atoms with Crippen LogP contribution in [0.4, 0.5) is 0 Å². The molecule has 3 fully saturated rings. The zero-order valence-electron chi connectivity index (χ0n) is 12.5. The number of fused-ring (bicyclic) bond motifs is 2. The van der Waals surface area contributed by atoms with Gasteiger partial charge >= 0.3 is 0 Å². The van der Waals surface area contributed by atoms with Gasteiger partial charge in [-0.25, -0.2) is 0 Å². The monoisotopic (exact) mass is 248 g/mol. The van der Waals surface area contributed by atoms with E-state index < -0.39 is 0 Å². The Morgan fingerprint density at radius 2 is 0.833 bits per heavy atom. The van der Waals surface area contributed by atoms with E-state index in [4.69, 9.17) is 0 Å². The Labute approximate surface area is 114 Å². The van der Waals surface area contributed by atoms with Crippen LogP contribution in [-0.4, -0.2) is 0 Å². The molecule has 0 saturated heterocycles. The van der Waals surface area contributed by atoms with Crippen LogP contribution >= 0.6 is 0 Å². The minimum absolute atomic E-state index is 1.10. The Morgan fingerprint density at radius 3 is 1.06 bits per heavy atom. The fourth-order valence-electron chi connectivity index (χ4n) is 6.35. The fraction of sp³-hybridized carbons (Fsp3) is 1.00. The summed E-state index contributed by atoms with van der Waals surface area (Å²) in [5, 5.41) is 0. The molecule has 0 spiro atoms. The Kier molecular flexibility index (Phi) is 4.01. The van der Waals surface area contributed by atoms with Crippen molar-refractivity contribution in [1.82, 2.24) is 0 Å². The van der Waals surface area contributed by atoms with Crippen LogP contribution in [0.3, 0.4) is 0 Å². The minimum Gasteiger partial charge on any atom is -0.0651 e. The summed E-state index contributed by atoms with van der Waals surface area (Å²) < 4.78 is 0. The SMILES string of the molecule is CCC1C2CCCCC2C(CC)C2CCCCC12. The molecule has 18 heavy (non-hydrogen) atoms. The Morgan fingerprint density at radius 1 is 0.556 bits per heavy atom. The van der Waals surface area contributed by atoms with Crippen molar-refractivity contribution >= 4 is 0 Å². The van der Waals surface area contributed by atoms with E-state index >= 15 is 0 Å². The molecular formula is C18H32. The largest absolute Gasteiger partial charge is 0.0651 e. The first kappa shape index (κ1) is 13.0. The van der Waals surface area contributed by atoms with E-state index in [0.717, 1.165) is 35.5 Å². The highest BCUT2D eigenvalue weighted by Crippen LogP contribution is 2.57. The van der Waals surface area contributed by atoms with E-state index in [0.29, 0.717) is 0 Å². The van der Waals surface area contributed by atoms with Gasteiger partial charge in [0.05, 0.1) is 0 Å². The van der Waals surface area contributed by atoms with Crippen LogP contribution < -0.4 is 0 Å².